The van der Waals surface area contributed by atoms with Gasteiger partial charge in [0.05, 0.1) is 11.0 Å². The molecular formula is C16H12F2N2O. The summed E-state index contributed by atoms with van der Waals surface area (Å²) in [6.07, 6.45) is 1.34. The first-order valence-corrected chi connectivity index (χ1v) is 6.35. The summed E-state index contributed by atoms with van der Waals surface area (Å²) in [5.74, 6) is -1.34. The number of benzene rings is 2. The summed E-state index contributed by atoms with van der Waals surface area (Å²) in [4.78, 5) is 7.32. The zero-order valence-corrected chi connectivity index (χ0v) is 11.2. The minimum absolute atomic E-state index is 0.0594. The van der Waals surface area contributed by atoms with Gasteiger partial charge in [-0.2, -0.15) is 0 Å². The van der Waals surface area contributed by atoms with Crippen LogP contribution in [0, 0.1) is 18.6 Å². The number of nitrogens with one attached hydrogen (secondary N) is 1. The normalized spacial score (nSPS) is 12.0. The van der Waals surface area contributed by atoms with E-state index in [4.69, 9.17) is 0 Å². The molecular weight excluding hydrogens is 274 g/mol. The lowest BCUT2D eigenvalue weighted by Gasteiger charge is -2.00. The molecule has 3 rings (SSSR count). The Morgan fingerprint density at radius 3 is 2.57 bits per heavy atom. The molecule has 5 heteroatoms. The molecule has 0 aliphatic rings. The topological polar surface area (TPSA) is 48.9 Å². The zero-order chi connectivity index (χ0) is 15.0. The predicted octanol–water partition coefficient (Wildman–Crippen LogP) is 4.21. The van der Waals surface area contributed by atoms with E-state index in [2.05, 4.69) is 9.97 Å². The van der Waals surface area contributed by atoms with Gasteiger partial charge in [-0.25, -0.2) is 13.8 Å². The molecule has 1 heterocycles. The van der Waals surface area contributed by atoms with Gasteiger partial charge < -0.3 is 10.1 Å². The Bertz CT molecular complexity index is 832. The van der Waals surface area contributed by atoms with Gasteiger partial charge in [0.2, 0.25) is 0 Å². The molecule has 0 saturated carbocycles. The van der Waals surface area contributed by atoms with Crippen LogP contribution in [-0.2, 0) is 0 Å². The van der Waals surface area contributed by atoms with E-state index in [0.717, 1.165) is 34.8 Å². The SMILES string of the molecule is Cc1ccc2nc(/C=C(\O)c3cc(F)cc(F)c3)[nH]c2c1. The maximum atomic E-state index is 13.1. The van der Waals surface area contributed by atoms with Crippen molar-refractivity contribution in [1.82, 2.24) is 9.97 Å². The number of hydrogen-bond donors (Lipinski definition) is 2. The summed E-state index contributed by atoms with van der Waals surface area (Å²) >= 11 is 0. The largest absolute Gasteiger partial charge is 0.507 e. The minimum atomic E-state index is -0.745. The molecule has 3 nitrogen and oxygen atoms in total. The number of aryl methyl sites for hydroxylation is 1. The molecule has 0 bridgehead atoms. The summed E-state index contributed by atoms with van der Waals surface area (Å²) in [6.45, 7) is 1.96. The monoisotopic (exact) mass is 286 g/mol. The first kappa shape index (κ1) is 13.3. The van der Waals surface area contributed by atoms with Crippen molar-refractivity contribution in [3.05, 3.63) is 65.0 Å². The highest BCUT2D eigenvalue weighted by Crippen LogP contribution is 2.19. The van der Waals surface area contributed by atoms with Gasteiger partial charge in [0, 0.05) is 17.7 Å². The van der Waals surface area contributed by atoms with E-state index in [0.29, 0.717) is 5.82 Å². The van der Waals surface area contributed by atoms with E-state index >= 15 is 0 Å². The molecule has 0 spiro atoms. The molecule has 21 heavy (non-hydrogen) atoms. The Morgan fingerprint density at radius 1 is 1.14 bits per heavy atom. The number of halogens is 2. The highest BCUT2D eigenvalue weighted by molar-refractivity contribution is 5.81. The average Bonchev–Trinajstić information content (AvgIpc) is 2.78. The highest BCUT2D eigenvalue weighted by atomic mass is 19.1. The fourth-order valence-corrected chi connectivity index (χ4v) is 2.13. The summed E-state index contributed by atoms with van der Waals surface area (Å²) < 4.78 is 26.3. The number of fused-ring (bicyclic) bond motifs is 1. The number of imidazole rings is 1. The van der Waals surface area contributed by atoms with E-state index in [-0.39, 0.29) is 11.3 Å². The molecule has 0 radical (unpaired) electrons. The van der Waals surface area contributed by atoms with Gasteiger partial charge in [0.25, 0.3) is 0 Å². The Labute approximate surface area is 119 Å². The molecule has 1 aromatic heterocycles. The predicted molar refractivity (Wildman–Crippen MR) is 77.7 cm³/mol. The van der Waals surface area contributed by atoms with Crippen LogP contribution in [0.2, 0.25) is 0 Å². The van der Waals surface area contributed by atoms with Crippen molar-refractivity contribution in [3.8, 4) is 0 Å². The third-order valence-electron chi connectivity index (χ3n) is 3.09. The molecule has 0 fully saturated rings. The van der Waals surface area contributed by atoms with Crippen molar-refractivity contribution in [2.24, 2.45) is 0 Å². The van der Waals surface area contributed by atoms with E-state index in [1.165, 1.54) is 6.08 Å². The number of nitrogens with zero attached hydrogens (tertiary/aromatic N) is 1. The lowest BCUT2D eigenvalue weighted by Crippen LogP contribution is -1.88. The van der Waals surface area contributed by atoms with Crippen LogP contribution in [-0.4, -0.2) is 15.1 Å². The van der Waals surface area contributed by atoms with Gasteiger partial charge in [-0.3, -0.25) is 0 Å². The van der Waals surface area contributed by atoms with E-state index in [1.54, 1.807) is 0 Å². The Hall–Kier alpha value is -2.69. The third-order valence-corrected chi connectivity index (χ3v) is 3.09. The third kappa shape index (κ3) is 2.76. The van der Waals surface area contributed by atoms with Crippen molar-refractivity contribution < 1.29 is 13.9 Å². The summed E-state index contributed by atoms with van der Waals surface area (Å²) in [6, 6.07) is 8.58. The van der Waals surface area contributed by atoms with Crippen LogP contribution in [0.15, 0.2) is 36.4 Å². The minimum Gasteiger partial charge on any atom is -0.507 e. The van der Waals surface area contributed by atoms with E-state index < -0.39 is 11.6 Å². The number of rotatable bonds is 2. The van der Waals surface area contributed by atoms with Crippen molar-refractivity contribution in [2.75, 3.05) is 0 Å². The van der Waals surface area contributed by atoms with Gasteiger partial charge in [-0.15, -0.1) is 0 Å². The summed E-state index contributed by atoms with van der Waals surface area (Å²) in [5.41, 5.74) is 2.73. The van der Waals surface area contributed by atoms with Gasteiger partial charge in [-0.1, -0.05) is 6.07 Å². The molecule has 2 aromatic carbocycles. The smallest absolute Gasteiger partial charge is 0.134 e. The van der Waals surface area contributed by atoms with E-state index in [9.17, 15) is 13.9 Å². The summed E-state index contributed by atoms with van der Waals surface area (Å²) in [5, 5.41) is 9.97. The van der Waals surface area contributed by atoms with Crippen LogP contribution >= 0.6 is 0 Å². The second-order valence-corrected chi connectivity index (χ2v) is 4.83. The average molecular weight is 286 g/mol. The van der Waals surface area contributed by atoms with Gasteiger partial charge in [-0.05, 0) is 36.8 Å². The van der Waals surface area contributed by atoms with Crippen LogP contribution in [0.25, 0.3) is 22.9 Å². The van der Waals surface area contributed by atoms with Crippen molar-refractivity contribution in [1.29, 1.82) is 0 Å². The molecule has 0 amide bonds. The Kier molecular flexibility index (Phi) is 3.17. The van der Waals surface area contributed by atoms with Crippen LogP contribution in [0.3, 0.4) is 0 Å². The maximum absolute atomic E-state index is 13.1. The number of H-pyrrole nitrogens is 1. The van der Waals surface area contributed by atoms with Crippen LogP contribution in [0.1, 0.15) is 17.0 Å². The number of aliphatic hydroxyl groups is 1. The van der Waals surface area contributed by atoms with Crippen molar-refractivity contribution in [3.63, 3.8) is 0 Å². The fraction of sp³-hybridized carbons (Fsp3) is 0.0625. The highest BCUT2D eigenvalue weighted by Gasteiger charge is 2.07. The first-order valence-electron chi connectivity index (χ1n) is 6.35. The second-order valence-electron chi connectivity index (χ2n) is 4.83. The van der Waals surface area contributed by atoms with Gasteiger partial charge >= 0.3 is 0 Å². The Balaban J connectivity index is 2.02. The molecule has 0 unspecified atom stereocenters. The van der Waals surface area contributed by atoms with Crippen LogP contribution in [0.5, 0.6) is 0 Å². The van der Waals surface area contributed by atoms with E-state index in [1.807, 2.05) is 25.1 Å². The van der Waals surface area contributed by atoms with Crippen molar-refractivity contribution in [2.45, 2.75) is 6.92 Å². The lowest BCUT2D eigenvalue weighted by atomic mass is 10.1. The molecule has 106 valence electrons. The molecule has 0 aliphatic heterocycles. The van der Waals surface area contributed by atoms with Gasteiger partial charge in [0.1, 0.15) is 23.2 Å². The van der Waals surface area contributed by atoms with Crippen molar-refractivity contribution >= 4 is 22.9 Å². The summed E-state index contributed by atoms with van der Waals surface area (Å²) in [7, 11) is 0. The number of hydrogen-bond acceptors (Lipinski definition) is 2. The second kappa shape index (κ2) is 5.01. The maximum Gasteiger partial charge on any atom is 0.134 e. The number of aliphatic hydroxyl groups excluding tert-OH is 1. The fourth-order valence-electron chi connectivity index (χ4n) is 2.13. The van der Waals surface area contributed by atoms with Gasteiger partial charge in [0.15, 0.2) is 0 Å². The quantitative estimate of drug-likeness (QED) is 0.693. The number of aromatic nitrogens is 2. The van der Waals surface area contributed by atoms with Crippen LogP contribution < -0.4 is 0 Å². The first-order chi connectivity index (χ1) is 10.0. The standard InChI is InChI=1S/C16H12F2N2O/c1-9-2-3-13-14(4-9)20-16(19-13)8-15(21)10-5-11(17)7-12(18)6-10/h2-8,21H,1H3,(H,19,20)/b15-8-. The zero-order valence-electron chi connectivity index (χ0n) is 11.2. The molecule has 0 saturated heterocycles. The Morgan fingerprint density at radius 2 is 1.86 bits per heavy atom. The molecule has 2 N–H and O–H groups in total. The number of aromatic amines is 1. The molecule has 0 aliphatic carbocycles. The molecule has 0 atom stereocenters. The van der Waals surface area contributed by atoms with Crippen LogP contribution in [0.4, 0.5) is 8.78 Å². The lowest BCUT2D eigenvalue weighted by molar-refractivity contribution is 0.511. The molecule has 3 aromatic rings.